The van der Waals surface area contributed by atoms with Gasteiger partial charge < -0.3 is 10.6 Å². The Morgan fingerprint density at radius 1 is 1.17 bits per heavy atom. The van der Waals surface area contributed by atoms with Crippen molar-refractivity contribution in [2.24, 2.45) is 9.81 Å². The molecule has 2 aromatic rings. The Labute approximate surface area is 175 Å². The molecule has 0 atom stereocenters. The van der Waals surface area contributed by atoms with E-state index in [1.807, 2.05) is 11.4 Å². The van der Waals surface area contributed by atoms with Crippen LogP contribution in [0.15, 0.2) is 51.1 Å². The number of thiophene rings is 1. The van der Waals surface area contributed by atoms with E-state index in [0.717, 1.165) is 32.1 Å². The van der Waals surface area contributed by atoms with Gasteiger partial charge in [0.15, 0.2) is 0 Å². The Balaban J connectivity index is 1.42. The molecule has 0 unspecified atom stereocenters. The van der Waals surface area contributed by atoms with Crippen molar-refractivity contribution in [1.82, 2.24) is 5.32 Å². The Hall–Kier alpha value is -2.19. The van der Waals surface area contributed by atoms with Crippen LogP contribution in [0.4, 0.5) is 5.69 Å². The number of carbonyl (C=O) groups excluding carboxylic acids is 1. The van der Waals surface area contributed by atoms with Crippen LogP contribution >= 0.6 is 11.3 Å². The number of rotatable bonds is 7. The van der Waals surface area contributed by atoms with E-state index in [4.69, 9.17) is 0 Å². The number of hydrogen-bond donors (Lipinski definition) is 2. The number of fused-ring (bicyclic) bond motifs is 1. The quantitative estimate of drug-likeness (QED) is 0.695. The van der Waals surface area contributed by atoms with Crippen molar-refractivity contribution >= 4 is 38.8 Å². The Bertz CT molecular complexity index is 1010. The number of para-hydroxylation sites is 1. The standard InChI is InChI=1S/C21H25N3O3S2/c25-20(22-12-9-16-6-5-13-28-16)15-21(10-3-4-11-21)14-19-23-17-7-1-2-8-18(17)29(26,27)24-19/h1-2,5-8,13H,3-4,9-12,14-15H2,(H,22,25)(H,23,24). The average Bonchev–Trinajstić information content (AvgIpc) is 3.34. The van der Waals surface area contributed by atoms with E-state index in [1.165, 1.54) is 4.88 Å². The predicted molar refractivity (Wildman–Crippen MR) is 116 cm³/mol. The van der Waals surface area contributed by atoms with Crippen molar-refractivity contribution in [2.75, 3.05) is 11.9 Å². The fraction of sp³-hybridized carbons (Fsp3) is 0.429. The third-order valence-electron chi connectivity index (χ3n) is 5.69. The number of anilines is 1. The number of amides is 1. The van der Waals surface area contributed by atoms with Gasteiger partial charge in [-0.15, -0.1) is 15.7 Å². The van der Waals surface area contributed by atoms with Crippen molar-refractivity contribution in [3.8, 4) is 0 Å². The summed E-state index contributed by atoms with van der Waals surface area (Å²) in [5.41, 5.74) is 0.326. The van der Waals surface area contributed by atoms with E-state index in [0.29, 0.717) is 30.9 Å². The van der Waals surface area contributed by atoms with Crippen LogP contribution in [-0.4, -0.2) is 26.7 Å². The summed E-state index contributed by atoms with van der Waals surface area (Å²) < 4.78 is 29.1. The van der Waals surface area contributed by atoms with Crippen LogP contribution < -0.4 is 10.6 Å². The van der Waals surface area contributed by atoms with E-state index in [1.54, 1.807) is 35.6 Å². The van der Waals surface area contributed by atoms with Crippen LogP contribution in [0.5, 0.6) is 0 Å². The molecule has 6 nitrogen and oxygen atoms in total. The van der Waals surface area contributed by atoms with Crippen molar-refractivity contribution < 1.29 is 13.2 Å². The second kappa shape index (κ2) is 8.28. The fourth-order valence-electron chi connectivity index (χ4n) is 4.32. The molecule has 0 spiro atoms. The normalized spacial score (nSPS) is 19.1. The first-order valence-electron chi connectivity index (χ1n) is 9.95. The lowest BCUT2D eigenvalue weighted by atomic mass is 9.78. The van der Waals surface area contributed by atoms with Crippen LogP contribution in [0.1, 0.15) is 43.4 Å². The lowest BCUT2D eigenvalue weighted by Gasteiger charge is -2.30. The zero-order chi connectivity index (χ0) is 20.3. The molecular formula is C21H25N3O3S2. The number of hydrogen-bond acceptors (Lipinski definition) is 5. The highest BCUT2D eigenvalue weighted by Gasteiger charge is 2.38. The molecule has 1 aliphatic heterocycles. The highest BCUT2D eigenvalue weighted by Crippen LogP contribution is 2.45. The maximum Gasteiger partial charge on any atom is 0.286 e. The van der Waals surface area contributed by atoms with Crippen LogP contribution in [0, 0.1) is 5.41 Å². The SMILES string of the molecule is O=C(CC1(CC2=NS(=O)(=O)c3ccccc3N2)CCCC1)NCCc1cccs1. The van der Waals surface area contributed by atoms with Gasteiger partial charge in [0.1, 0.15) is 10.7 Å². The molecule has 1 amide bonds. The number of amidine groups is 1. The lowest BCUT2D eigenvalue weighted by Crippen LogP contribution is -2.35. The Morgan fingerprint density at radius 2 is 1.97 bits per heavy atom. The molecule has 2 aliphatic rings. The highest BCUT2D eigenvalue weighted by molar-refractivity contribution is 7.90. The topological polar surface area (TPSA) is 87.6 Å². The lowest BCUT2D eigenvalue weighted by molar-refractivity contribution is -0.123. The summed E-state index contributed by atoms with van der Waals surface area (Å²) >= 11 is 1.69. The summed E-state index contributed by atoms with van der Waals surface area (Å²) in [6.45, 7) is 0.621. The minimum Gasteiger partial charge on any atom is -0.356 e. The Morgan fingerprint density at radius 3 is 2.72 bits per heavy atom. The molecular weight excluding hydrogens is 406 g/mol. The molecule has 4 rings (SSSR count). The minimum atomic E-state index is -3.70. The first-order chi connectivity index (χ1) is 14.0. The van der Waals surface area contributed by atoms with E-state index < -0.39 is 10.0 Å². The molecule has 8 heteroatoms. The summed E-state index contributed by atoms with van der Waals surface area (Å²) in [5.74, 6) is 0.472. The molecule has 0 saturated heterocycles. The zero-order valence-electron chi connectivity index (χ0n) is 16.2. The van der Waals surface area contributed by atoms with Crippen molar-refractivity contribution in [2.45, 2.75) is 49.8 Å². The maximum atomic E-state index is 12.6. The smallest absolute Gasteiger partial charge is 0.286 e. The van der Waals surface area contributed by atoms with Crippen LogP contribution in [0.2, 0.25) is 0 Å². The second-order valence-electron chi connectivity index (χ2n) is 7.87. The molecule has 1 saturated carbocycles. The number of carbonyl (C=O) groups is 1. The van der Waals surface area contributed by atoms with E-state index >= 15 is 0 Å². The zero-order valence-corrected chi connectivity index (χ0v) is 17.8. The third kappa shape index (κ3) is 4.70. The molecule has 1 aliphatic carbocycles. The molecule has 1 aromatic heterocycles. The average molecular weight is 432 g/mol. The van der Waals surface area contributed by atoms with Gasteiger partial charge in [0.25, 0.3) is 10.0 Å². The fourth-order valence-corrected chi connectivity index (χ4v) is 6.18. The number of benzene rings is 1. The van der Waals surface area contributed by atoms with Gasteiger partial charge in [-0.05, 0) is 48.3 Å². The van der Waals surface area contributed by atoms with Crippen molar-refractivity contribution in [3.63, 3.8) is 0 Å². The number of sulfonamides is 1. The number of nitrogens with zero attached hydrogens (tertiary/aromatic N) is 1. The molecule has 0 bridgehead atoms. The maximum absolute atomic E-state index is 12.6. The van der Waals surface area contributed by atoms with Gasteiger partial charge in [-0.1, -0.05) is 31.0 Å². The van der Waals surface area contributed by atoms with Gasteiger partial charge in [0.05, 0.1) is 5.69 Å². The molecule has 0 radical (unpaired) electrons. The molecule has 2 heterocycles. The van der Waals surface area contributed by atoms with Crippen molar-refractivity contribution in [3.05, 3.63) is 46.7 Å². The van der Waals surface area contributed by atoms with Gasteiger partial charge >= 0.3 is 0 Å². The molecule has 29 heavy (non-hydrogen) atoms. The van der Waals surface area contributed by atoms with Crippen LogP contribution in [0.3, 0.4) is 0 Å². The molecule has 2 N–H and O–H groups in total. The summed E-state index contributed by atoms with van der Waals surface area (Å²) in [6.07, 6.45) is 5.64. The van der Waals surface area contributed by atoms with Crippen molar-refractivity contribution in [1.29, 1.82) is 0 Å². The summed E-state index contributed by atoms with van der Waals surface area (Å²) in [4.78, 5) is 14.1. The largest absolute Gasteiger partial charge is 0.356 e. The minimum absolute atomic E-state index is 0.0307. The van der Waals surface area contributed by atoms with Gasteiger partial charge in [0.2, 0.25) is 5.91 Å². The van der Waals surface area contributed by atoms with Gasteiger partial charge in [-0.3, -0.25) is 4.79 Å². The summed E-state index contributed by atoms with van der Waals surface area (Å²) in [5, 5.41) is 8.25. The third-order valence-corrected chi connectivity index (χ3v) is 8.00. The first kappa shape index (κ1) is 20.1. The van der Waals surface area contributed by atoms with Gasteiger partial charge in [0, 0.05) is 24.3 Å². The van der Waals surface area contributed by atoms with Gasteiger partial charge in [-0.25, -0.2) is 0 Å². The molecule has 1 aromatic carbocycles. The van der Waals surface area contributed by atoms with E-state index in [-0.39, 0.29) is 16.2 Å². The second-order valence-corrected chi connectivity index (χ2v) is 10.5. The predicted octanol–water partition coefficient (Wildman–Crippen LogP) is 3.96. The van der Waals surface area contributed by atoms with E-state index in [2.05, 4.69) is 21.1 Å². The van der Waals surface area contributed by atoms with Crippen LogP contribution in [-0.2, 0) is 21.2 Å². The highest BCUT2D eigenvalue weighted by atomic mass is 32.2. The van der Waals surface area contributed by atoms with Crippen LogP contribution in [0.25, 0.3) is 0 Å². The first-order valence-corrected chi connectivity index (χ1v) is 12.3. The molecule has 1 fully saturated rings. The van der Waals surface area contributed by atoms with Gasteiger partial charge in [-0.2, -0.15) is 8.42 Å². The number of nitrogens with one attached hydrogen (secondary N) is 2. The van der Waals surface area contributed by atoms with E-state index in [9.17, 15) is 13.2 Å². The monoisotopic (exact) mass is 431 g/mol. The molecule has 154 valence electrons. The summed E-state index contributed by atoms with van der Waals surface area (Å²) in [7, 11) is -3.70. The summed E-state index contributed by atoms with van der Waals surface area (Å²) in [6, 6.07) is 10.9. The Kier molecular flexibility index (Phi) is 5.74.